The molecule has 1 saturated heterocycles. The zero-order valence-corrected chi connectivity index (χ0v) is 18.4. The lowest BCUT2D eigenvalue weighted by Crippen LogP contribution is -2.45. The van der Waals surface area contributed by atoms with Gasteiger partial charge in [-0.15, -0.1) is 0 Å². The number of rotatable bonds is 4. The van der Waals surface area contributed by atoms with E-state index in [1.807, 2.05) is 6.92 Å². The van der Waals surface area contributed by atoms with Gasteiger partial charge in [0.15, 0.2) is 11.6 Å². The van der Waals surface area contributed by atoms with E-state index in [9.17, 15) is 4.79 Å². The van der Waals surface area contributed by atoms with Crippen LogP contribution in [0.3, 0.4) is 0 Å². The highest BCUT2D eigenvalue weighted by Crippen LogP contribution is 2.60. The van der Waals surface area contributed by atoms with Gasteiger partial charge in [-0.2, -0.15) is 0 Å². The molecule has 4 heteroatoms. The molecule has 3 fully saturated rings. The van der Waals surface area contributed by atoms with Gasteiger partial charge in [0.25, 0.3) is 0 Å². The van der Waals surface area contributed by atoms with Crippen molar-refractivity contribution < 1.29 is 19.0 Å². The fourth-order valence-electron chi connectivity index (χ4n) is 6.41. The molecule has 0 N–H and O–H groups in total. The SMILES string of the molecule is CC(C)(C)OC1CCC2C3CCC(=O)C(CCC4(C)OCCO4)=C3CCC12C. The summed E-state index contributed by atoms with van der Waals surface area (Å²) < 4.78 is 18.1. The fraction of sp³-hybridized carbons (Fsp3) is 0.875. The van der Waals surface area contributed by atoms with Crippen molar-refractivity contribution in [3.05, 3.63) is 11.1 Å². The number of ether oxygens (including phenoxy) is 3. The van der Waals surface area contributed by atoms with Crippen LogP contribution >= 0.6 is 0 Å². The zero-order chi connectivity index (χ0) is 20.2. The molecule has 0 spiro atoms. The van der Waals surface area contributed by atoms with Crippen LogP contribution in [0.2, 0.25) is 0 Å². The van der Waals surface area contributed by atoms with Gasteiger partial charge in [-0.25, -0.2) is 0 Å². The lowest BCUT2D eigenvalue weighted by atomic mass is 9.58. The Hall–Kier alpha value is -0.710. The second-order valence-corrected chi connectivity index (χ2v) is 10.8. The van der Waals surface area contributed by atoms with Gasteiger partial charge >= 0.3 is 0 Å². The molecule has 28 heavy (non-hydrogen) atoms. The fourth-order valence-corrected chi connectivity index (χ4v) is 6.41. The summed E-state index contributed by atoms with van der Waals surface area (Å²) in [6.45, 7) is 12.3. The highest BCUT2D eigenvalue weighted by atomic mass is 16.7. The second kappa shape index (κ2) is 7.21. The molecule has 1 aliphatic heterocycles. The van der Waals surface area contributed by atoms with Gasteiger partial charge in [0, 0.05) is 12.8 Å². The first kappa shape index (κ1) is 20.6. The van der Waals surface area contributed by atoms with Crippen molar-refractivity contribution in [3.63, 3.8) is 0 Å². The smallest absolute Gasteiger partial charge is 0.166 e. The van der Waals surface area contributed by atoms with Crippen LogP contribution in [-0.4, -0.2) is 36.5 Å². The maximum Gasteiger partial charge on any atom is 0.166 e. The highest BCUT2D eigenvalue weighted by Gasteiger charge is 2.55. The summed E-state index contributed by atoms with van der Waals surface area (Å²) in [7, 11) is 0. The van der Waals surface area contributed by atoms with Crippen LogP contribution in [0.5, 0.6) is 0 Å². The summed E-state index contributed by atoms with van der Waals surface area (Å²) in [5, 5.41) is 0. The maximum atomic E-state index is 12.8. The summed E-state index contributed by atoms with van der Waals surface area (Å²) >= 11 is 0. The molecule has 3 aliphatic carbocycles. The summed E-state index contributed by atoms with van der Waals surface area (Å²) in [4.78, 5) is 12.8. The summed E-state index contributed by atoms with van der Waals surface area (Å²) in [6, 6.07) is 0. The predicted octanol–water partition coefficient (Wildman–Crippen LogP) is 5.20. The van der Waals surface area contributed by atoms with Gasteiger partial charge in [-0.3, -0.25) is 4.79 Å². The number of fused-ring (bicyclic) bond motifs is 3. The van der Waals surface area contributed by atoms with Gasteiger partial charge < -0.3 is 14.2 Å². The molecule has 4 atom stereocenters. The zero-order valence-electron chi connectivity index (χ0n) is 18.4. The number of allylic oxidation sites excluding steroid dienone is 2. The summed E-state index contributed by atoms with van der Waals surface area (Å²) in [5.74, 6) is 1.08. The van der Waals surface area contributed by atoms with Crippen LogP contribution in [0.4, 0.5) is 0 Å². The Labute approximate surface area is 170 Å². The molecule has 0 aromatic heterocycles. The molecule has 4 nitrogen and oxygen atoms in total. The third-order valence-electron chi connectivity index (χ3n) is 7.82. The van der Waals surface area contributed by atoms with Gasteiger partial charge in [0.2, 0.25) is 0 Å². The minimum Gasteiger partial charge on any atom is -0.372 e. The van der Waals surface area contributed by atoms with Crippen LogP contribution in [-0.2, 0) is 19.0 Å². The summed E-state index contributed by atoms with van der Waals surface area (Å²) in [6.07, 6.45) is 8.26. The van der Waals surface area contributed by atoms with E-state index in [1.165, 1.54) is 12.0 Å². The molecule has 0 aromatic carbocycles. The Morgan fingerprint density at radius 3 is 2.46 bits per heavy atom. The van der Waals surface area contributed by atoms with E-state index in [1.54, 1.807) is 0 Å². The second-order valence-electron chi connectivity index (χ2n) is 10.8. The van der Waals surface area contributed by atoms with Crippen LogP contribution in [0.1, 0.15) is 86.0 Å². The molecule has 2 saturated carbocycles. The molecule has 0 amide bonds. The van der Waals surface area contributed by atoms with Gasteiger partial charge in [0.1, 0.15) is 0 Å². The van der Waals surface area contributed by atoms with Crippen molar-refractivity contribution in [2.75, 3.05) is 13.2 Å². The van der Waals surface area contributed by atoms with Crippen molar-refractivity contribution in [1.29, 1.82) is 0 Å². The van der Waals surface area contributed by atoms with Gasteiger partial charge in [-0.05, 0) is 89.0 Å². The molecule has 1 heterocycles. The first-order valence-corrected chi connectivity index (χ1v) is 11.3. The van der Waals surface area contributed by atoms with Crippen molar-refractivity contribution in [2.24, 2.45) is 17.3 Å². The number of Topliss-reactive ketones (excluding diaryl/α,β-unsaturated/α-hetero) is 1. The first-order valence-electron chi connectivity index (χ1n) is 11.3. The Balaban J connectivity index is 1.54. The van der Waals surface area contributed by atoms with Crippen LogP contribution in [0, 0.1) is 17.3 Å². The Morgan fingerprint density at radius 1 is 1.07 bits per heavy atom. The lowest BCUT2D eigenvalue weighted by Gasteiger charge is -2.49. The molecule has 0 bridgehead atoms. The topological polar surface area (TPSA) is 44.8 Å². The molecule has 4 unspecified atom stereocenters. The van der Waals surface area contributed by atoms with E-state index in [4.69, 9.17) is 14.2 Å². The quantitative estimate of drug-likeness (QED) is 0.662. The molecule has 4 aliphatic rings. The van der Waals surface area contributed by atoms with E-state index in [0.717, 1.165) is 44.1 Å². The van der Waals surface area contributed by atoms with Crippen molar-refractivity contribution in [2.45, 2.75) is 103 Å². The van der Waals surface area contributed by atoms with Crippen molar-refractivity contribution in [3.8, 4) is 0 Å². The predicted molar refractivity (Wildman–Crippen MR) is 109 cm³/mol. The van der Waals surface area contributed by atoms with E-state index < -0.39 is 5.79 Å². The molecule has 0 radical (unpaired) electrons. The minimum absolute atomic E-state index is 0.0941. The van der Waals surface area contributed by atoms with Gasteiger partial charge in [-0.1, -0.05) is 12.5 Å². The van der Waals surface area contributed by atoms with E-state index in [-0.39, 0.29) is 11.0 Å². The average Bonchev–Trinajstić information content (AvgIpc) is 3.17. The average molecular weight is 391 g/mol. The number of carbonyl (C=O) groups excluding carboxylic acids is 1. The van der Waals surface area contributed by atoms with Crippen LogP contribution in [0.25, 0.3) is 0 Å². The molecule has 158 valence electrons. The molecule has 0 aromatic rings. The molecular weight excluding hydrogens is 352 g/mol. The minimum atomic E-state index is -0.511. The highest BCUT2D eigenvalue weighted by molar-refractivity contribution is 5.97. The Bertz CT molecular complexity index is 652. The number of ketones is 1. The monoisotopic (exact) mass is 390 g/mol. The van der Waals surface area contributed by atoms with E-state index >= 15 is 0 Å². The van der Waals surface area contributed by atoms with Gasteiger partial charge in [0.05, 0.1) is 24.9 Å². The van der Waals surface area contributed by atoms with E-state index in [0.29, 0.717) is 43.4 Å². The van der Waals surface area contributed by atoms with E-state index in [2.05, 4.69) is 27.7 Å². The van der Waals surface area contributed by atoms with Crippen LogP contribution < -0.4 is 0 Å². The standard InChI is InChI=1S/C24H38O4/c1-22(2,3)28-21-9-7-19-17-6-8-20(25)18(16(17)10-12-23(19,21)4)11-13-24(5)26-14-15-27-24/h17,19,21H,6-15H2,1-5H3. The van der Waals surface area contributed by atoms with Crippen LogP contribution in [0.15, 0.2) is 11.1 Å². The Morgan fingerprint density at radius 2 is 1.79 bits per heavy atom. The number of carbonyl (C=O) groups is 1. The number of hydrogen-bond donors (Lipinski definition) is 0. The largest absolute Gasteiger partial charge is 0.372 e. The first-order chi connectivity index (χ1) is 13.1. The Kier molecular flexibility index (Phi) is 5.29. The third-order valence-corrected chi connectivity index (χ3v) is 7.82. The lowest BCUT2D eigenvalue weighted by molar-refractivity contribution is -0.146. The maximum absolute atomic E-state index is 12.8. The van der Waals surface area contributed by atoms with Crippen molar-refractivity contribution in [1.82, 2.24) is 0 Å². The number of hydrogen-bond acceptors (Lipinski definition) is 4. The molecular formula is C24H38O4. The molecule has 4 rings (SSSR count). The van der Waals surface area contributed by atoms with Crippen molar-refractivity contribution >= 4 is 5.78 Å². The third kappa shape index (κ3) is 3.73. The normalized spacial score (nSPS) is 37.9. The summed E-state index contributed by atoms with van der Waals surface area (Å²) in [5.41, 5.74) is 2.73.